The standard InChI is InChI=1S/C19H29ClN4O2.HI/c1-3-26-19(25)24-13-10-16(11-14-24)23-18(21-2)22-12-6-8-15-7-4-5-9-17(15)20;/h4-5,7,9,16H,3,6,8,10-14H2,1-2H3,(H2,21,22,23);1H. The molecule has 0 bridgehead atoms. The number of ether oxygens (including phenoxy) is 1. The number of hydrogen-bond acceptors (Lipinski definition) is 3. The first-order valence-corrected chi connectivity index (χ1v) is 9.64. The fraction of sp³-hybridized carbons (Fsp3) is 0.579. The van der Waals surface area contributed by atoms with Crippen LogP contribution in [-0.4, -0.2) is 56.3 Å². The zero-order valence-electron chi connectivity index (χ0n) is 16.0. The Kier molecular flexibility index (Phi) is 11.5. The number of carbonyl (C=O) groups is 1. The van der Waals surface area contributed by atoms with Gasteiger partial charge in [0.25, 0.3) is 0 Å². The second kappa shape index (κ2) is 13.0. The van der Waals surface area contributed by atoms with Crippen molar-refractivity contribution in [2.75, 3.05) is 33.3 Å². The first-order valence-electron chi connectivity index (χ1n) is 9.26. The highest BCUT2D eigenvalue weighted by Crippen LogP contribution is 2.16. The zero-order valence-corrected chi connectivity index (χ0v) is 19.1. The van der Waals surface area contributed by atoms with Gasteiger partial charge in [-0.15, -0.1) is 24.0 Å². The van der Waals surface area contributed by atoms with Gasteiger partial charge in [0.05, 0.1) is 6.61 Å². The van der Waals surface area contributed by atoms with Gasteiger partial charge in [0.15, 0.2) is 5.96 Å². The van der Waals surface area contributed by atoms with Crippen molar-refractivity contribution >= 4 is 47.6 Å². The molecule has 6 nitrogen and oxygen atoms in total. The van der Waals surface area contributed by atoms with E-state index in [1.165, 1.54) is 5.56 Å². The van der Waals surface area contributed by atoms with E-state index in [2.05, 4.69) is 21.7 Å². The minimum Gasteiger partial charge on any atom is -0.450 e. The van der Waals surface area contributed by atoms with Gasteiger partial charge in [0, 0.05) is 37.7 Å². The summed E-state index contributed by atoms with van der Waals surface area (Å²) in [7, 11) is 1.77. The van der Waals surface area contributed by atoms with Gasteiger partial charge in [0.1, 0.15) is 0 Å². The molecule has 27 heavy (non-hydrogen) atoms. The molecule has 0 spiro atoms. The van der Waals surface area contributed by atoms with Crippen LogP contribution in [0.3, 0.4) is 0 Å². The average Bonchev–Trinajstić information content (AvgIpc) is 2.66. The number of hydrogen-bond donors (Lipinski definition) is 2. The molecule has 8 heteroatoms. The fourth-order valence-corrected chi connectivity index (χ4v) is 3.23. The quantitative estimate of drug-likeness (QED) is 0.266. The van der Waals surface area contributed by atoms with Crippen LogP contribution in [0.4, 0.5) is 4.79 Å². The van der Waals surface area contributed by atoms with Gasteiger partial charge >= 0.3 is 6.09 Å². The molecule has 0 atom stereocenters. The van der Waals surface area contributed by atoms with E-state index in [1.807, 2.05) is 25.1 Å². The van der Waals surface area contributed by atoms with Crippen LogP contribution in [-0.2, 0) is 11.2 Å². The van der Waals surface area contributed by atoms with Crippen molar-refractivity contribution in [2.45, 2.75) is 38.6 Å². The summed E-state index contributed by atoms with van der Waals surface area (Å²) in [6, 6.07) is 8.26. The number of nitrogens with one attached hydrogen (secondary N) is 2. The molecule has 0 saturated carbocycles. The number of nitrogens with zero attached hydrogens (tertiary/aromatic N) is 2. The van der Waals surface area contributed by atoms with Crippen LogP contribution in [0.2, 0.25) is 5.02 Å². The molecule has 0 unspecified atom stereocenters. The van der Waals surface area contributed by atoms with Crippen molar-refractivity contribution in [3.05, 3.63) is 34.9 Å². The number of halogens is 2. The van der Waals surface area contributed by atoms with E-state index in [4.69, 9.17) is 16.3 Å². The van der Waals surface area contributed by atoms with Crippen LogP contribution in [0.5, 0.6) is 0 Å². The lowest BCUT2D eigenvalue weighted by atomic mass is 10.1. The average molecular weight is 509 g/mol. The highest BCUT2D eigenvalue weighted by Gasteiger charge is 2.23. The molecule has 1 fully saturated rings. The molecule has 1 amide bonds. The van der Waals surface area contributed by atoms with Gasteiger partial charge in [-0.3, -0.25) is 4.99 Å². The van der Waals surface area contributed by atoms with Crippen LogP contribution in [0.25, 0.3) is 0 Å². The van der Waals surface area contributed by atoms with Gasteiger partial charge in [-0.1, -0.05) is 29.8 Å². The lowest BCUT2D eigenvalue weighted by Gasteiger charge is -2.32. The summed E-state index contributed by atoms with van der Waals surface area (Å²) >= 11 is 6.18. The molecule has 0 aromatic heterocycles. The molecule has 152 valence electrons. The lowest BCUT2D eigenvalue weighted by molar-refractivity contribution is 0.0963. The van der Waals surface area contributed by atoms with Crippen molar-refractivity contribution in [1.29, 1.82) is 0 Å². The number of carbonyl (C=O) groups excluding carboxylic acids is 1. The number of amides is 1. The van der Waals surface area contributed by atoms with E-state index in [0.29, 0.717) is 25.7 Å². The van der Waals surface area contributed by atoms with Crippen LogP contribution >= 0.6 is 35.6 Å². The molecule has 1 aromatic rings. The molecular weight excluding hydrogens is 479 g/mol. The van der Waals surface area contributed by atoms with Crippen molar-refractivity contribution in [3.63, 3.8) is 0 Å². The molecule has 0 aliphatic carbocycles. The van der Waals surface area contributed by atoms with Crippen LogP contribution in [0, 0.1) is 0 Å². The van der Waals surface area contributed by atoms with E-state index in [0.717, 1.165) is 43.2 Å². The van der Waals surface area contributed by atoms with Crippen LogP contribution in [0.15, 0.2) is 29.3 Å². The van der Waals surface area contributed by atoms with E-state index in [9.17, 15) is 4.79 Å². The number of piperidine rings is 1. The minimum absolute atomic E-state index is 0. The summed E-state index contributed by atoms with van der Waals surface area (Å²) in [6.07, 6.45) is 3.47. The number of rotatable bonds is 6. The van der Waals surface area contributed by atoms with E-state index < -0.39 is 0 Å². The van der Waals surface area contributed by atoms with Crippen molar-refractivity contribution in [3.8, 4) is 0 Å². The van der Waals surface area contributed by atoms with Gasteiger partial charge in [-0.2, -0.15) is 0 Å². The third-order valence-corrected chi connectivity index (χ3v) is 4.83. The largest absolute Gasteiger partial charge is 0.450 e. The molecule has 1 aromatic carbocycles. The first kappa shape index (κ1) is 23.8. The Labute approximate surface area is 184 Å². The Morgan fingerprint density at radius 2 is 2.04 bits per heavy atom. The van der Waals surface area contributed by atoms with E-state index >= 15 is 0 Å². The number of benzene rings is 1. The van der Waals surface area contributed by atoms with Crippen molar-refractivity contribution in [1.82, 2.24) is 15.5 Å². The predicted molar refractivity (Wildman–Crippen MR) is 121 cm³/mol. The lowest BCUT2D eigenvalue weighted by Crippen LogP contribution is -2.50. The second-order valence-electron chi connectivity index (χ2n) is 6.30. The Hall–Kier alpha value is -1.22. The van der Waals surface area contributed by atoms with E-state index in [-0.39, 0.29) is 30.1 Å². The van der Waals surface area contributed by atoms with Gasteiger partial charge < -0.3 is 20.3 Å². The van der Waals surface area contributed by atoms with Crippen molar-refractivity contribution in [2.24, 2.45) is 4.99 Å². The second-order valence-corrected chi connectivity index (χ2v) is 6.71. The fourth-order valence-electron chi connectivity index (χ4n) is 3.00. The topological polar surface area (TPSA) is 66.0 Å². The molecule has 0 radical (unpaired) electrons. The molecule has 2 rings (SSSR count). The van der Waals surface area contributed by atoms with Crippen LogP contribution in [0.1, 0.15) is 31.7 Å². The van der Waals surface area contributed by atoms with E-state index in [1.54, 1.807) is 11.9 Å². The van der Waals surface area contributed by atoms with Gasteiger partial charge in [-0.05, 0) is 44.2 Å². The predicted octanol–water partition coefficient (Wildman–Crippen LogP) is 3.68. The minimum atomic E-state index is -0.215. The maximum atomic E-state index is 11.7. The SMILES string of the molecule is CCOC(=O)N1CCC(NC(=NC)NCCCc2ccccc2Cl)CC1.I. The molecule has 2 N–H and O–H groups in total. The van der Waals surface area contributed by atoms with Gasteiger partial charge in [-0.25, -0.2) is 4.79 Å². The summed E-state index contributed by atoms with van der Waals surface area (Å²) < 4.78 is 5.05. The maximum Gasteiger partial charge on any atom is 0.409 e. The molecule has 1 aliphatic rings. The number of aryl methyl sites for hydroxylation is 1. The van der Waals surface area contributed by atoms with Crippen LogP contribution < -0.4 is 10.6 Å². The number of aliphatic imine (C=N–C) groups is 1. The van der Waals surface area contributed by atoms with Crippen molar-refractivity contribution < 1.29 is 9.53 Å². The number of likely N-dealkylation sites (tertiary alicyclic amines) is 1. The smallest absolute Gasteiger partial charge is 0.409 e. The highest BCUT2D eigenvalue weighted by atomic mass is 127. The third kappa shape index (κ3) is 8.13. The molecule has 1 heterocycles. The molecule has 1 saturated heterocycles. The molecule has 1 aliphatic heterocycles. The van der Waals surface area contributed by atoms with Gasteiger partial charge in [0.2, 0.25) is 0 Å². The monoisotopic (exact) mass is 508 g/mol. The molecular formula is C19H30ClIN4O2. The third-order valence-electron chi connectivity index (χ3n) is 4.46. The summed E-state index contributed by atoms with van der Waals surface area (Å²) in [6.45, 7) is 4.49. The summed E-state index contributed by atoms with van der Waals surface area (Å²) in [5.74, 6) is 0.804. The summed E-state index contributed by atoms with van der Waals surface area (Å²) in [4.78, 5) is 17.8. The normalized spacial score (nSPS) is 15.1. The summed E-state index contributed by atoms with van der Waals surface area (Å²) in [5.41, 5.74) is 1.17. The maximum absolute atomic E-state index is 11.7. The summed E-state index contributed by atoms with van der Waals surface area (Å²) in [5, 5.41) is 7.62. The first-order chi connectivity index (χ1) is 12.6. The number of guanidine groups is 1. The zero-order chi connectivity index (χ0) is 18.8. The Balaban J connectivity index is 0.00000364. The highest BCUT2D eigenvalue weighted by molar-refractivity contribution is 14.0. The Morgan fingerprint density at radius 1 is 1.33 bits per heavy atom. The Bertz CT molecular complexity index is 607. The Morgan fingerprint density at radius 3 is 2.67 bits per heavy atom.